The fraction of sp³-hybridized carbons (Fsp3) is 1.00. The molecule has 12 heavy (non-hydrogen) atoms. The summed E-state index contributed by atoms with van der Waals surface area (Å²) in [7, 11) is 2.13. The van der Waals surface area contributed by atoms with Crippen LogP contribution in [0.3, 0.4) is 0 Å². The molecule has 0 aromatic carbocycles. The molecule has 0 amide bonds. The molecule has 0 heterocycles. The summed E-state index contributed by atoms with van der Waals surface area (Å²) in [5, 5.41) is 9.43. The van der Waals surface area contributed by atoms with Gasteiger partial charge in [0, 0.05) is 0 Å². The van der Waals surface area contributed by atoms with Gasteiger partial charge in [0.05, 0.1) is 5.60 Å². The molecular formula is C10H23NO. The van der Waals surface area contributed by atoms with E-state index < -0.39 is 5.60 Å². The highest BCUT2D eigenvalue weighted by molar-refractivity contribution is 4.64. The fourth-order valence-corrected chi connectivity index (χ4v) is 1.10. The molecule has 0 unspecified atom stereocenters. The molecule has 0 saturated heterocycles. The van der Waals surface area contributed by atoms with E-state index in [1.54, 1.807) is 0 Å². The van der Waals surface area contributed by atoms with Crippen molar-refractivity contribution in [3.63, 3.8) is 0 Å². The van der Waals surface area contributed by atoms with Gasteiger partial charge in [0.15, 0.2) is 0 Å². The molecule has 0 aliphatic carbocycles. The number of hydrogen-bond donors (Lipinski definition) is 1. The SMILES string of the molecule is CCN(C)CCCCC(C)(C)O. The predicted octanol–water partition coefficient (Wildman–Crippen LogP) is 1.88. The molecule has 0 aromatic heterocycles. The zero-order chi connectivity index (χ0) is 9.61. The lowest BCUT2D eigenvalue weighted by molar-refractivity contribution is 0.0675. The number of aliphatic hydroxyl groups is 1. The van der Waals surface area contributed by atoms with Crippen LogP contribution in [-0.4, -0.2) is 35.7 Å². The van der Waals surface area contributed by atoms with E-state index in [9.17, 15) is 5.11 Å². The molecule has 2 nitrogen and oxygen atoms in total. The smallest absolute Gasteiger partial charge is 0.0591 e. The Morgan fingerprint density at radius 3 is 2.25 bits per heavy atom. The van der Waals surface area contributed by atoms with Crippen LogP contribution in [0.15, 0.2) is 0 Å². The van der Waals surface area contributed by atoms with Crippen molar-refractivity contribution in [2.45, 2.75) is 45.6 Å². The minimum atomic E-state index is -0.481. The first kappa shape index (κ1) is 11.9. The first-order valence-electron chi connectivity index (χ1n) is 4.86. The normalized spacial score (nSPS) is 12.5. The van der Waals surface area contributed by atoms with Crippen LogP contribution in [-0.2, 0) is 0 Å². The van der Waals surface area contributed by atoms with Gasteiger partial charge < -0.3 is 10.0 Å². The van der Waals surface area contributed by atoms with Crippen molar-refractivity contribution < 1.29 is 5.11 Å². The van der Waals surface area contributed by atoms with Gasteiger partial charge in [-0.15, -0.1) is 0 Å². The third kappa shape index (κ3) is 8.02. The summed E-state index contributed by atoms with van der Waals surface area (Å²) in [5.74, 6) is 0. The molecule has 0 aliphatic rings. The van der Waals surface area contributed by atoms with E-state index >= 15 is 0 Å². The lowest BCUT2D eigenvalue weighted by atomic mass is 10.0. The Balaban J connectivity index is 3.22. The molecule has 0 rings (SSSR count). The summed E-state index contributed by atoms with van der Waals surface area (Å²) in [6, 6.07) is 0. The van der Waals surface area contributed by atoms with E-state index in [0.717, 1.165) is 25.9 Å². The minimum absolute atomic E-state index is 0.481. The number of unbranched alkanes of at least 4 members (excludes halogenated alkanes) is 1. The summed E-state index contributed by atoms with van der Waals surface area (Å²) in [5.41, 5.74) is -0.481. The third-order valence-electron chi connectivity index (χ3n) is 2.12. The van der Waals surface area contributed by atoms with Gasteiger partial charge in [0.2, 0.25) is 0 Å². The zero-order valence-electron chi connectivity index (χ0n) is 8.93. The molecule has 0 atom stereocenters. The van der Waals surface area contributed by atoms with Gasteiger partial charge in [-0.05, 0) is 53.2 Å². The minimum Gasteiger partial charge on any atom is -0.390 e. The van der Waals surface area contributed by atoms with Crippen molar-refractivity contribution in [1.82, 2.24) is 4.90 Å². The van der Waals surface area contributed by atoms with Gasteiger partial charge >= 0.3 is 0 Å². The molecular weight excluding hydrogens is 150 g/mol. The maximum absolute atomic E-state index is 9.43. The Bertz CT molecular complexity index is 107. The first-order valence-corrected chi connectivity index (χ1v) is 4.86. The monoisotopic (exact) mass is 173 g/mol. The highest BCUT2D eigenvalue weighted by Crippen LogP contribution is 2.11. The summed E-state index contributed by atoms with van der Waals surface area (Å²) >= 11 is 0. The Morgan fingerprint density at radius 2 is 1.83 bits per heavy atom. The number of rotatable bonds is 6. The molecule has 0 bridgehead atoms. The molecule has 74 valence electrons. The fourth-order valence-electron chi connectivity index (χ4n) is 1.10. The second-order valence-corrected chi connectivity index (χ2v) is 4.17. The Hall–Kier alpha value is -0.0800. The maximum atomic E-state index is 9.43. The molecule has 0 radical (unpaired) electrons. The van der Waals surface area contributed by atoms with Crippen molar-refractivity contribution in [2.75, 3.05) is 20.1 Å². The Labute approximate surface area is 76.6 Å². The van der Waals surface area contributed by atoms with E-state index in [0.29, 0.717) is 0 Å². The van der Waals surface area contributed by atoms with Crippen molar-refractivity contribution in [2.24, 2.45) is 0 Å². The molecule has 1 N–H and O–H groups in total. The van der Waals surface area contributed by atoms with Gasteiger partial charge in [0.25, 0.3) is 0 Å². The van der Waals surface area contributed by atoms with Crippen molar-refractivity contribution in [3.8, 4) is 0 Å². The largest absolute Gasteiger partial charge is 0.390 e. The molecule has 0 aliphatic heterocycles. The standard InChI is InChI=1S/C10H23NO/c1-5-11(4)9-7-6-8-10(2,3)12/h12H,5-9H2,1-4H3. The second kappa shape index (κ2) is 5.55. The van der Waals surface area contributed by atoms with Crippen LogP contribution in [0.5, 0.6) is 0 Å². The molecule has 0 spiro atoms. The average molecular weight is 173 g/mol. The van der Waals surface area contributed by atoms with Crippen LogP contribution >= 0.6 is 0 Å². The topological polar surface area (TPSA) is 23.5 Å². The van der Waals surface area contributed by atoms with Crippen LogP contribution in [0.25, 0.3) is 0 Å². The van der Waals surface area contributed by atoms with Crippen LogP contribution in [0.2, 0.25) is 0 Å². The molecule has 2 heteroatoms. The third-order valence-corrected chi connectivity index (χ3v) is 2.12. The van der Waals surface area contributed by atoms with Crippen molar-refractivity contribution in [1.29, 1.82) is 0 Å². The summed E-state index contributed by atoms with van der Waals surface area (Å²) in [6.07, 6.45) is 3.22. The first-order chi connectivity index (χ1) is 5.45. The van der Waals surface area contributed by atoms with Crippen molar-refractivity contribution >= 4 is 0 Å². The number of hydrogen-bond acceptors (Lipinski definition) is 2. The van der Waals surface area contributed by atoms with E-state index in [1.807, 2.05) is 13.8 Å². The highest BCUT2D eigenvalue weighted by Gasteiger charge is 2.10. The Morgan fingerprint density at radius 1 is 1.25 bits per heavy atom. The van der Waals surface area contributed by atoms with Crippen LogP contribution < -0.4 is 0 Å². The van der Waals surface area contributed by atoms with Crippen LogP contribution in [0.1, 0.15) is 40.0 Å². The van der Waals surface area contributed by atoms with Gasteiger partial charge in [-0.1, -0.05) is 6.92 Å². The summed E-state index contributed by atoms with van der Waals surface area (Å²) < 4.78 is 0. The average Bonchev–Trinajstić information content (AvgIpc) is 1.96. The van der Waals surface area contributed by atoms with Crippen LogP contribution in [0.4, 0.5) is 0 Å². The molecule has 0 aromatic rings. The lowest BCUT2D eigenvalue weighted by Gasteiger charge is -2.18. The molecule has 0 fully saturated rings. The quantitative estimate of drug-likeness (QED) is 0.620. The van der Waals surface area contributed by atoms with Gasteiger partial charge in [-0.3, -0.25) is 0 Å². The zero-order valence-corrected chi connectivity index (χ0v) is 8.93. The van der Waals surface area contributed by atoms with Crippen LogP contribution in [0, 0.1) is 0 Å². The number of nitrogens with zero attached hydrogens (tertiary/aromatic N) is 1. The van der Waals surface area contributed by atoms with E-state index in [1.165, 1.54) is 6.42 Å². The molecule has 0 saturated carbocycles. The summed E-state index contributed by atoms with van der Waals surface area (Å²) in [4.78, 5) is 2.30. The van der Waals surface area contributed by atoms with Gasteiger partial charge in [-0.2, -0.15) is 0 Å². The lowest BCUT2D eigenvalue weighted by Crippen LogP contribution is -2.21. The van der Waals surface area contributed by atoms with Gasteiger partial charge in [-0.25, -0.2) is 0 Å². The maximum Gasteiger partial charge on any atom is 0.0591 e. The second-order valence-electron chi connectivity index (χ2n) is 4.17. The van der Waals surface area contributed by atoms with Crippen molar-refractivity contribution in [3.05, 3.63) is 0 Å². The van der Waals surface area contributed by atoms with E-state index in [2.05, 4.69) is 18.9 Å². The Kier molecular flexibility index (Phi) is 5.51. The summed E-state index contributed by atoms with van der Waals surface area (Å²) in [6.45, 7) is 8.16. The predicted molar refractivity (Wildman–Crippen MR) is 53.3 cm³/mol. The van der Waals surface area contributed by atoms with E-state index in [4.69, 9.17) is 0 Å². The highest BCUT2D eigenvalue weighted by atomic mass is 16.3. The van der Waals surface area contributed by atoms with E-state index in [-0.39, 0.29) is 0 Å². The van der Waals surface area contributed by atoms with Gasteiger partial charge in [0.1, 0.15) is 0 Å².